The van der Waals surface area contributed by atoms with Crippen LogP contribution < -0.4 is 5.32 Å². The van der Waals surface area contributed by atoms with Gasteiger partial charge in [0.1, 0.15) is 0 Å². The number of hydrogen-bond acceptors (Lipinski definition) is 3. The van der Waals surface area contributed by atoms with Crippen LogP contribution in [0.25, 0.3) is 0 Å². The highest BCUT2D eigenvalue weighted by Gasteiger charge is 2.95. The Bertz CT molecular complexity index is 1100. The minimum absolute atomic E-state index is 0.177. The monoisotopic (exact) mass is 643 g/mol. The second kappa shape index (κ2) is 10.6. The van der Waals surface area contributed by atoms with Gasteiger partial charge in [-0.05, 0) is 31.2 Å². The molecule has 0 saturated carbocycles. The third-order valence-corrected chi connectivity index (χ3v) is 4.98. The number of anilines is 1. The molecular formula is C19H11ClF17NO2. The molecule has 1 aromatic rings. The van der Waals surface area contributed by atoms with E-state index in [2.05, 4.69) is 4.74 Å². The number of esters is 1. The molecule has 0 spiro atoms. The zero-order valence-corrected chi connectivity index (χ0v) is 19.5. The van der Waals surface area contributed by atoms with Crippen molar-refractivity contribution in [3.63, 3.8) is 0 Å². The Morgan fingerprint density at radius 1 is 0.700 bits per heavy atom. The lowest BCUT2D eigenvalue weighted by atomic mass is 9.88. The Hall–Kier alpha value is -2.67. The van der Waals surface area contributed by atoms with Crippen molar-refractivity contribution in [3.8, 4) is 0 Å². The van der Waals surface area contributed by atoms with Crippen molar-refractivity contribution in [1.29, 1.82) is 0 Å². The molecule has 0 atom stereocenters. The summed E-state index contributed by atoms with van der Waals surface area (Å²) < 4.78 is 235. The molecule has 0 bridgehead atoms. The summed E-state index contributed by atoms with van der Waals surface area (Å²) in [7, 11) is 0. The minimum Gasteiger partial charge on any atom is -0.463 e. The standard InChI is InChI=1S/C19H11ClF17NO2/c1-2-40-11(39)7-10(38-9-5-3-8(20)4-6-9)12(21,22)13(23,24)14(25,26)15(27,28)16(29,30)17(31,32)18(33,34)19(35,36)37/h3-7,38H,2H2,1H3/b10-7+. The van der Waals surface area contributed by atoms with Crippen molar-refractivity contribution in [3.05, 3.63) is 41.1 Å². The number of allylic oxidation sites excluding steroid dienone is 1. The van der Waals surface area contributed by atoms with Gasteiger partial charge < -0.3 is 10.1 Å². The van der Waals surface area contributed by atoms with Crippen LogP contribution in [0.4, 0.5) is 80.3 Å². The molecule has 3 nitrogen and oxygen atoms in total. The van der Waals surface area contributed by atoms with Gasteiger partial charge in [0.05, 0.1) is 12.3 Å². The highest BCUT2D eigenvalue weighted by Crippen LogP contribution is 2.64. The average molecular weight is 644 g/mol. The summed E-state index contributed by atoms with van der Waals surface area (Å²) >= 11 is 5.46. The molecule has 0 unspecified atom stereocenters. The van der Waals surface area contributed by atoms with Crippen LogP contribution in [-0.2, 0) is 9.53 Å². The summed E-state index contributed by atoms with van der Waals surface area (Å²) in [4.78, 5) is 11.5. The molecule has 0 aliphatic carbocycles. The van der Waals surface area contributed by atoms with Crippen LogP contribution in [0.1, 0.15) is 6.92 Å². The van der Waals surface area contributed by atoms with Crippen LogP contribution in [0.15, 0.2) is 36.0 Å². The van der Waals surface area contributed by atoms with Crippen LogP contribution in [0, 0.1) is 0 Å². The lowest BCUT2D eigenvalue weighted by Gasteiger charge is -2.43. The van der Waals surface area contributed by atoms with Crippen molar-refractivity contribution in [1.82, 2.24) is 0 Å². The molecule has 0 aliphatic heterocycles. The number of hydrogen-bond donors (Lipinski definition) is 1. The van der Waals surface area contributed by atoms with Crippen molar-refractivity contribution < 1.29 is 84.2 Å². The van der Waals surface area contributed by atoms with E-state index in [1.165, 1.54) is 5.32 Å². The Labute approximate surface area is 215 Å². The van der Waals surface area contributed by atoms with Crippen LogP contribution in [0.5, 0.6) is 0 Å². The van der Waals surface area contributed by atoms with Gasteiger partial charge in [-0.25, -0.2) is 4.79 Å². The molecule has 0 heterocycles. The number of ether oxygens (including phenoxy) is 1. The van der Waals surface area contributed by atoms with Gasteiger partial charge >= 0.3 is 53.6 Å². The van der Waals surface area contributed by atoms with Gasteiger partial charge in [-0.1, -0.05) is 11.6 Å². The second-order valence-corrected chi connectivity index (χ2v) is 7.90. The first-order valence-corrected chi connectivity index (χ1v) is 10.1. The number of rotatable bonds is 11. The lowest BCUT2D eigenvalue weighted by Crippen LogP contribution is -2.74. The van der Waals surface area contributed by atoms with Gasteiger partial charge in [-0.3, -0.25) is 0 Å². The van der Waals surface area contributed by atoms with Gasteiger partial charge in [0.25, 0.3) is 0 Å². The third-order valence-electron chi connectivity index (χ3n) is 4.73. The van der Waals surface area contributed by atoms with E-state index in [1.54, 1.807) is 0 Å². The number of benzene rings is 1. The maximum absolute atomic E-state index is 14.7. The quantitative estimate of drug-likeness (QED) is 0.150. The molecule has 1 N–H and O–H groups in total. The number of halogens is 18. The molecule has 0 radical (unpaired) electrons. The molecule has 0 aromatic heterocycles. The van der Waals surface area contributed by atoms with Crippen molar-refractivity contribution in [2.75, 3.05) is 11.9 Å². The van der Waals surface area contributed by atoms with Gasteiger partial charge in [-0.15, -0.1) is 0 Å². The van der Waals surface area contributed by atoms with Crippen LogP contribution in [-0.4, -0.2) is 60.2 Å². The van der Waals surface area contributed by atoms with Gasteiger partial charge in [-0.2, -0.15) is 74.6 Å². The lowest BCUT2D eigenvalue weighted by molar-refractivity contribution is -0.460. The van der Waals surface area contributed by atoms with E-state index in [0.717, 1.165) is 19.1 Å². The van der Waals surface area contributed by atoms with E-state index < -0.39 is 77.7 Å². The van der Waals surface area contributed by atoms with E-state index in [0.29, 0.717) is 12.1 Å². The average Bonchev–Trinajstić information content (AvgIpc) is 2.78. The minimum atomic E-state index is -8.77. The largest absolute Gasteiger partial charge is 0.463 e. The molecule has 0 saturated heterocycles. The first-order chi connectivity index (χ1) is 17.6. The van der Waals surface area contributed by atoms with Crippen molar-refractivity contribution in [2.24, 2.45) is 0 Å². The number of carbonyl (C=O) groups is 1. The highest BCUT2D eigenvalue weighted by molar-refractivity contribution is 6.30. The summed E-state index contributed by atoms with van der Waals surface area (Å²) in [5, 5.41) is 0.990. The summed E-state index contributed by atoms with van der Waals surface area (Å²) in [5.41, 5.74) is -3.68. The topological polar surface area (TPSA) is 38.3 Å². The summed E-state index contributed by atoms with van der Waals surface area (Å²) in [5.74, 6) is -60.0. The normalized spacial score (nSPS) is 15.2. The Morgan fingerprint density at radius 3 is 1.45 bits per heavy atom. The zero-order chi connectivity index (χ0) is 32.0. The number of alkyl halides is 17. The molecular weight excluding hydrogens is 633 g/mol. The molecule has 1 aromatic carbocycles. The van der Waals surface area contributed by atoms with Crippen LogP contribution in [0.3, 0.4) is 0 Å². The van der Waals surface area contributed by atoms with Crippen molar-refractivity contribution in [2.45, 2.75) is 54.6 Å². The fourth-order valence-electron chi connectivity index (χ4n) is 2.53. The summed E-state index contributed by atoms with van der Waals surface area (Å²) in [6.45, 7) is 0.271. The molecule has 21 heteroatoms. The fourth-order valence-corrected chi connectivity index (χ4v) is 2.65. The SMILES string of the molecule is CCOC(=O)/C=C(/Nc1ccc(Cl)cc1)C(F)(F)C(F)(F)C(F)(F)C(F)(F)C(F)(F)C(F)(F)C(F)(F)C(F)(F)F. The zero-order valence-electron chi connectivity index (χ0n) is 18.7. The van der Waals surface area contributed by atoms with Gasteiger partial charge in [0.15, 0.2) is 0 Å². The van der Waals surface area contributed by atoms with E-state index in [1.807, 2.05) is 0 Å². The predicted molar refractivity (Wildman–Crippen MR) is 100 cm³/mol. The van der Waals surface area contributed by atoms with Crippen molar-refractivity contribution >= 4 is 23.3 Å². The van der Waals surface area contributed by atoms with E-state index in [4.69, 9.17) is 11.6 Å². The summed E-state index contributed by atoms with van der Waals surface area (Å²) in [6.07, 6.45) is -8.62. The van der Waals surface area contributed by atoms with E-state index in [9.17, 15) is 79.4 Å². The maximum atomic E-state index is 14.7. The summed E-state index contributed by atoms with van der Waals surface area (Å²) in [6, 6.07) is 2.87. The maximum Gasteiger partial charge on any atom is 0.460 e. The number of carbonyl (C=O) groups excluding carboxylic acids is 1. The Morgan fingerprint density at radius 2 is 1.07 bits per heavy atom. The molecule has 1 rings (SSSR count). The van der Waals surface area contributed by atoms with E-state index in [-0.39, 0.29) is 5.02 Å². The van der Waals surface area contributed by atoms with Crippen LogP contribution in [0.2, 0.25) is 5.02 Å². The predicted octanol–water partition coefficient (Wildman–Crippen LogP) is 8.21. The third kappa shape index (κ3) is 5.46. The highest BCUT2D eigenvalue weighted by atomic mass is 35.5. The molecule has 0 fully saturated rings. The molecule has 230 valence electrons. The Balaban J connectivity index is 3.82. The fraction of sp³-hybridized carbons (Fsp3) is 0.526. The van der Waals surface area contributed by atoms with Gasteiger partial charge in [0.2, 0.25) is 0 Å². The first kappa shape index (κ1) is 35.4. The van der Waals surface area contributed by atoms with Crippen LogP contribution >= 0.6 is 11.6 Å². The molecule has 0 amide bonds. The second-order valence-electron chi connectivity index (χ2n) is 7.46. The number of nitrogens with one attached hydrogen (secondary N) is 1. The Kier molecular flexibility index (Phi) is 9.39. The molecule has 40 heavy (non-hydrogen) atoms. The van der Waals surface area contributed by atoms with E-state index >= 15 is 0 Å². The van der Waals surface area contributed by atoms with Gasteiger partial charge in [0, 0.05) is 16.8 Å². The smallest absolute Gasteiger partial charge is 0.460 e. The first-order valence-electron chi connectivity index (χ1n) is 9.70. The molecule has 0 aliphatic rings.